The fourth-order valence-corrected chi connectivity index (χ4v) is 2.79. The van der Waals surface area contributed by atoms with Crippen LogP contribution in [0.5, 0.6) is 5.88 Å². The second kappa shape index (κ2) is 4.96. The van der Waals surface area contributed by atoms with Crippen molar-refractivity contribution in [1.29, 1.82) is 0 Å². The number of aromatic amines is 1. The van der Waals surface area contributed by atoms with Crippen molar-refractivity contribution in [2.24, 2.45) is 11.8 Å². The first-order valence-electron chi connectivity index (χ1n) is 6.66. The first-order valence-corrected chi connectivity index (χ1v) is 7.04. The smallest absolute Gasteiger partial charge is 0.244 e. The van der Waals surface area contributed by atoms with Crippen molar-refractivity contribution in [3.63, 3.8) is 0 Å². The van der Waals surface area contributed by atoms with Crippen LogP contribution in [0.3, 0.4) is 0 Å². The molecule has 3 rings (SSSR count). The SMILES string of the molecule is CC1CCC(Oc2nc(Cl)nc3nc[nH]c23)CC1C. The molecule has 0 aromatic carbocycles. The molecular formula is C13H17ClN4O. The maximum absolute atomic E-state index is 6.02. The minimum atomic E-state index is 0.173. The Morgan fingerprint density at radius 1 is 1.26 bits per heavy atom. The molecule has 0 spiro atoms. The van der Waals surface area contributed by atoms with Crippen molar-refractivity contribution in [2.75, 3.05) is 0 Å². The fraction of sp³-hybridized carbons (Fsp3) is 0.615. The van der Waals surface area contributed by atoms with Crippen molar-refractivity contribution in [3.8, 4) is 5.88 Å². The molecule has 1 saturated carbocycles. The van der Waals surface area contributed by atoms with E-state index in [-0.39, 0.29) is 11.4 Å². The van der Waals surface area contributed by atoms with Crippen LogP contribution in [-0.2, 0) is 0 Å². The van der Waals surface area contributed by atoms with Gasteiger partial charge in [-0.2, -0.15) is 9.97 Å². The highest BCUT2D eigenvalue weighted by atomic mass is 35.5. The van der Waals surface area contributed by atoms with Gasteiger partial charge in [-0.3, -0.25) is 0 Å². The fourth-order valence-electron chi connectivity index (χ4n) is 2.63. The average Bonchev–Trinajstić information content (AvgIpc) is 2.82. The van der Waals surface area contributed by atoms with Gasteiger partial charge in [-0.1, -0.05) is 13.8 Å². The van der Waals surface area contributed by atoms with Gasteiger partial charge in [0.1, 0.15) is 11.6 Å². The van der Waals surface area contributed by atoms with Gasteiger partial charge >= 0.3 is 0 Å². The Balaban J connectivity index is 1.83. The van der Waals surface area contributed by atoms with Crippen LogP contribution in [0, 0.1) is 11.8 Å². The molecule has 5 nitrogen and oxygen atoms in total. The molecule has 0 radical (unpaired) electrons. The summed E-state index contributed by atoms with van der Waals surface area (Å²) in [6.07, 6.45) is 5.08. The van der Waals surface area contributed by atoms with Crippen molar-refractivity contribution < 1.29 is 4.74 Å². The Bertz CT molecular complexity index is 585. The molecule has 2 aromatic rings. The Kier molecular flexibility index (Phi) is 3.31. The van der Waals surface area contributed by atoms with Gasteiger partial charge in [0, 0.05) is 0 Å². The highest BCUT2D eigenvalue weighted by Gasteiger charge is 2.26. The first kappa shape index (κ1) is 12.7. The summed E-state index contributed by atoms with van der Waals surface area (Å²) in [5, 5.41) is 0.173. The van der Waals surface area contributed by atoms with Crippen LogP contribution in [-0.4, -0.2) is 26.0 Å². The highest BCUT2D eigenvalue weighted by molar-refractivity contribution is 6.28. The molecule has 102 valence electrons. The number of imidazole rings is 1. The van der Waals surface area contributed by atoms with Crippen LogP contribution in [0.1, 0.15) is 33.1 Å². The summed E-state index contributed by atoms with van der Waals surface area (Å²) in [6.45, 7) is 4.58. The lowest BCUT2D eigenvalue weighted by molar-refractivity contribution is 0.0977. The van der Waals surface area contributed by atoms with Crippen LogP contribution < -0.4 is 4.74 Å². The zero-order valence-corrected chi connectivity index (χ0v) is 11.8. The number of nitrogens with one attached hydrogen (secondary N) is 1. The summed E-state index contributed by atoms with van der Waals surface area (Å²) < 4.78 is 6.02. The van der Waals surface area contributed by atoms with Crippen LogP contribution in [0.25, 0.3) is 11.2 Å². The molecule has 1 N–H and O–H groups in total. The Morgan fingerprint density at radius 2 is 2.11 bits per heavy atom. The normalized spacial score (nSPS) is 27.6. The quantitative estimate of drug-likeness (QED) is 0.858. The number of fused-ring (bicyclic) bond motifs is 1. The highest BCUT2D eigenvalue weighted by Crippen LogP contribution is 2.32. The van der Waals surface area contributed by atoms with E-state index < -0.39 is 0 Å². The van der Waals surface area contributed by atoms with Crippen LogP contribution >= 0.6 is 11.6 Å². The third-order valence-electron chi connectivity index (χ3n) is 4.05. The number of hydrogen-bond donors (Lipinski definition) is 1. The minimum Gasteiger partial charge on any atom is -0.473 e. The Hall–Kier alpha value is -1.36. The first-order chi connectivity index (χ1) is 9.13. The predicted octanol–water partition coefficient (Wildman–Crippen LogP) is 3.21. The topological polar surface area (TPSA) is 63.7 Å². The lowest BCUT2D eigenvalue weighted by Crippen LogP contribution is -2.29. The van der Waals surface area contributed by atoms with Gasteiger partial charge < -0.3 is 9.72 Å². The molecule has 0 saturated heterocycles. The zero-order chi connectivity index (χ0) is 13.4. The number of halogens is 1. The van der Waals surface area contributed by atoms with Crippen LogP contribution in [0.2, 0.25) is 5.28 Å². The molecule has 1 aliphatic rings. The third kappa shape index (κ3) is 2.52. The molecule has 0 amide bonds. The Labute approximate surface area is 116 Å². The van der Waals surface area contributed by atoms with E-state index in [9.17, 15) is 0 Å². The van der Waals surface area contributed by atoms with Gasteiger partial charge in [-0.15, -0.1) is 0 Å². The molecule has 3 unspecified atom stereocenters. The minimum absolute atomic E-state index is 0.173. The van der Waals surface area contributed by atoms with E-state index in [0.717, 1.165) is 24.3 Å². The molecular weight excluding hydrogens is 264 g/mol. The summed E-state index contributed by atoms with van der Waals surface area (Å²) in [7, 11) is 0. The molecule has 1 aliphatic carbocycles. The van der Waals surface area contributed by atoms with E-state index in [0.29, 0.717) is 17.4 Å². The van der Waals surface area contributed by atoms with Crippen LogP contribution in [0.15, 0.2) is 6.33 Å². The zero-order valence-electron chi connectivity index (χ0n) is 11.1. The summed E-state index contributed by atoms with van der Waals surface area (Å²) in [6, 6.07) is 0. The molecule has 2 aromatic heterocycles. The average molecular weight is 281 g/mol. The number of H-pyrrole nitrogens is 1. The van der Waals surface area contributed by atoms with Gasteiger partial charge in [-0.05, 0) is 42.7 Å². The largest absolute Gasteiger partial charge is 0.473 e. The standard InChI is InChI=1S/C13H17ClN4O/c1-7-3-4-9(5-8(7)2)19-12-10-11(16-6-15-10)17-13(14)18-12/h6-9H,3-5H2,1-2H3,(H,15,16,17,18). The molecule has 6 heteroatoms. The van der Waals surface area contributed by atoms with Gasteiger partial charge in [0.05, 0.1) is 6.33 Å². The van der Waals surface area contributed by atoms with E-state index >= 15 is 0 Å². The molecule has 0 aliphatic heterocycles. The maximum atomic E-state index is 6.02. The lowest BCUT2D eigenvalue weighted by Gasteiger charge is -2.31. The summed E-state index contributed by atoms with van der Waals surface area (Å²) in [4.78, 5) is 15.3. The van der Waals surface area contributed by atoms with Crippen molar-refractivity contribution >= 4 is 22.8 Å². The summed E-state index contributed by atoms with van der Waals surface area (Å²) >= 11 is 5.89. The molecule has 1 fully saturated rings. The lowest BCUT2D eigenvalue weighted by atomic mass is 9.80. The van der Waals surface area contributed by atoms with Gasteiger partial charge in [0.25, 0.3) is 0 Å². The number of rotatable bonds is 2. The van der Waals surface area contributed by atoms with E-state index in [1.54, 1.807) is 6.33 Å². The molecule has 19 heavy (non-hydrogen) atoms. The van der Waals surface area contributed by atoms with E-state index in [1.165, 1.54) is 6.42 Å². The molecule has 3 atom stereocenters. The van der Waals surface area contributed by atoms with Gasteiger partial charge in [0.15, 0.2) is 5.65 Å². The number of nitrogens with zero attached hydrogens (tertiary/aromatic N) is 3. The number of aromatic nitrogens is 4. The third-order valence-corrected chi connectivity index (χ3v) is 4.22. The number of ether oxygens (including phenoxy) is 1. The van der Waals surface area contributed by atoms with E-state index in [2.05, 4.69) is 33.8 Å². The molecule has 0 bridgehead atoms. The maximum Gasteiger partial charge on any atom is 0.244 e. The predicted molar refractivity (Wildman–Crippen MR) is 73.3 cm³/mol. The van der Waals surface area contributed by atoms with Crippen LogP contribution in [0.4, 0.5) is 0 Å². The summed E-state index contributed by atoms with van der Waals surface area (Å²) in [5.74, 6) is 1.95. The second-order valence-electron chi connectivity index (χ2n) is 5.41. The monoisotopic (exact) mass is 280 g/mol. The van der Waals surface area contributed by atoms with Gasteiger partial charge in [-0.25, -0.2) is 4.98 Å². The van der Waals surface area contributed by atoms with Crippen molar-refractivity contribution in [3.05, 3.63) is 11.6 Å². The van der Waals surface area contributed by atoms with E-state index in [4.69, 9.17) is 16.3 Å². The van der Waals surface area contributed by atoms with Gasteiger partial charge in [0.2, 0.25) is 11.2 Å². The van der Waals surface area contributed by atoms with Crippen molar-refractivity contribution in [2.45, 2.75) is 39.2 Å². The Morgan fingerprint density at radius 3 is 2.89 bits per heavy atom. The van der Waals surface area contributed by atoms with Crippen molar-refractivity contribution in [1.82, 2.24) is 19.9 Å². The summed E-state index contributed by atoms with van der Waals surface area (Å²) in [5.41, 5.74) is 1.27. The van der Waals surface area contributed by atoms with E-state index in [1.807, 2.05) is 0 Å². The number of hydrogen-bond acceptors (Lipinski definition) is 4. The molecule has 2 heterocycles. The second-order valence-corrected chi connectivity index (χ2v) is 5.74.